The summed E-state index contributed by atoms with van der Waals surface area (Å²) in [5, 5.41) is 15.2. The number of carbonyl (C=O) groups is 2. The zero-order valence-electron chi connectivity index (χ0n) is 25.6. The van der Waals surface area contributed by atoms with Gasteiger partial charge in [0.2, 0.25) is 5.78 Å². The second kappa shape index (κ2) is 13.8. The molecule has 1 aliphatic rings. The molecule has 2 aromatic heterocycles. The van der Waals surface area contributed by atoms with Crippen LogP contribution < -0.4 is 10.5 Å². The third kappa shape index (κ3) is 7.07. The Balaban J connectivity index is 1.19. The van der Waals surface area contributed by atoms with Crippen LogP contribution in [0.4, 0.5) is 18.9 Å². The summed E-state index contributed by atoms with van der Waals surface area (Å²) in [6.45, 7) is 1.50. The monoisotopic (exact) mass is 653 g/mol. The summed E-state index contributed by atoms with van der Waals surface area (Å²) >= 11 is 0. The van der Waals surface area contributed by atoms with E-state index in [1.54, 1.807) is 41.2 Å². The van der Waals surface area contributed by atoms with E-state index >= 15 is 0 Å². The SMILES string of the molecule is O=C(/C=C(/O)c1cc(Cc2c(F)cc(F)cc2F)cn(Cc2ccccc2)c1=O)C(=O)N1CCN(c2ccc(-n3cccn3)cc2)CC1. The summed E-state index contributed by atoms with van der Waals surface area (Å²) in [5.74, 6) is -5.93. The lowest BCUT2D eigenvalue weighted by Crippen LogP contribution is -2.50. The largest absolute Gasteiger partial charge is 0.507 e. The van der Waals surface area contributed by atoms with Crippen LogP contribution in [0.15, 0.2) is 108 Å². The van der Waals surface area contributed by atoms with Crippen LogP contribution in [-0.4, -0.2) is 62.2 Å². The fourth-order valence-corrected chi connectivity index (χ4v) is 5.65. The molecule has 0 aliphatic carbocycles. The van der Waals surface area contributed by atoms with Crippen molar-refractivity contribution in [1.82, 2.24) is 19.2 Å². The van der Waals surface area contributed by atoms with Gasteiger partial charge in [-0.05, 0) is 47.5 Å². The Labute approximate surface area is 273 Å². The fraction of sp³-hybridized carbons (Fsp3) is 0.167. The first-order chi connectivity index (χ1) is 23.2. The maximum atomic E-state index is 14.5. The van der Waals surface area contributed by atoms with Gasteiger partial charge in [0.25, 0.3) is 11.5 Å². The Kier molecular flexibility index (Phi) is 9.24. The van der Waals surface area contributed by atoms with E-state index in [0.717, 1.165) is 16.9 Å². The number of piperazine rings is 1. The summed E-state index contributed by atoms with van der Waals surface area (Å²) in [7, 11) is 0. The van der Waals surface area contributed by atoms with Crippen LogP contribution in [0.5, 0.6) is 0 Å². The average molecular weight is 654 g/mol. The molecule has 3 aromatic carbocycles. The maximum absolute atomic E-state index is 14.5. The number of carbonyl (C=O) groups excluding carboxylic acids is 2. The molecule has 6 rings (SSSR count). The van der Waals surface area contributed by atoms with E-state index in [0.29, 0.717) is 31.3 Å². The van der Waals surface area contributed by atoms with Gasteiger partial charge in [-0.2, -0.15) is 5.10 Å². The Morgan fingerprint density at radius 2 is 1.50 bits per heavy atom. The molecule has 0 spiro atoms. The van der Waals surface area contributed by atoms with Crippen LogP contribution in [0, 0.1) is 17.5 Å². The molecule has 244 valence electrons. The maximum Gasteiger partial charge on any atom is 0.294 e. The minimum absolute atomic E-state index is 0.0469. The second-order valence-corrected chi connectivity index (χ2v) is 11.3. The Bertz CT molecular complexity index is 2010. The van der Waals surface area contributed by atoms with Crippen molar-refractivity contribution in [2.45, 2.75) is 13.0 Å². The second-order valence-electron chi connectivity index (χ2n) is 11.3. The highest BCUT2D eigenvalue weighted by Crippen LogP contribution is 2.22. The van der Waals surface area contributed by atoms with Crippen molar-refractivity contribution in [3.8, 4) is 5.69 Å². The molecule has 0 bridgehead atoms. The van der Waals surface area contributed by atoms with Crippen molar-refractivity contribution in [2.24, 2.45) is 0 Å². The van der Waals surface area contributed by atoms with E-state index in [9.17, 15) is 32.7 Å². The number of nitrogens with zero attached hydrogens (tertiary/aromatic N) is 5. The smallest absolute Gasteiger partial charge is 0.294 e. The number of aliphatic hydroxyl groups excluding tert-OH is 1. The first kappa shape index (κ1) is 32.0. The summed E-state index contributed by atoms with van der Waals surface area (Å²) < 4.78 is 45.5. The van der Waals surface area contributed by atoms with Crippen molar-refractivity contribution in [3.63, 3.8) is 0 Å². The lowest BCUT2D eigenvalue weighted by Gasteiger charge is -2.35. The molecular weight excluding hydrogens is 623 g/mol. The number of rotatable bonds is 9. The number of amides is 1. The number of aromatic nitrogens is 3. The van der Waals surface area contributed by atoms with Gasteiger partial charge in [0.05, 0.1) is 17.8 Å². The standard InChI is InChI=1S/C36H30F3N5O4/c37-26-19-31(38)29(32(39)20-26)17-25-18-30(35(47)43(23-25)22-24-5-2-1-3-6-24)33(45)21-34(46)36(48)42-15-13-41(14-16-42)27-7-9-28(10-8-27)44-12-4-11-40-44/h1-12,18-21,23,45H,13-17,22H2/b33-21+. The molecule has 9 nitrogen and oxygen atoms in total. The number of halogens is 3. The van der Waals surface area contributed by atoms with Crippen LogP contribution in [0.25, 0.3) is 11.4 Å². The number of benzene rings is 3. The van der Waals surface area contributed by atoms with Gasteiger partial charge >= 0.3 is 0 Å². The van der Waals surface area contributed by atoms with Gasteiger partial charge in [-0.25, -0.2) is 17.9 Å². The highest BCUT2D eigenvalue weighted by Gasteiger charge is 2.26. The predicted octanol–water partition coefficient (Wildman–Crippen LogP) is 4.91. The minimum atomic E-state index is -1.11. The van der Waals surface area contributed by atoms with Crippen LogP contribution in [0.1, 0.15) is 22.3 Å². The molecule has 1 N–H and O–H groups in total. The first-order valence-corrected chi connectivity index (χ1v) is 15.2. The Morgan fingerprint density at radius 3 is 2.15 bits per heavy atom. The van der Waals surface area contributed by atoms with E-state index in [2.05, 4.69) is 10.00 Å². The van der Waals surface area contributed by atoms with Crippen LogP contribution in [0.3, 0.4) is 0 Å². The molecule has 48 heavy (non-hydrogen) atoms. The number of aliphatic hydroxyl groups is 1. The van der Waals surface area contributed by atoms with Crippen molar-refractivity contribution < 1.29 is 27.9 Å². The highest BCUT2D eigenvalue weighted by atomic mass is 19.1. The zero-order chi connectivity index (χ0) is 33.8. The predicted molar refractivity (Wildman–Crippen MR) is 173 cm³/mol. The summed E-state index contributed by atoms with van der Waals surface area (Å²) in [6, 6.07) is 20.8. The van der Waals surface area contributed by atoms with Gasteiger partial charge in [-0.15, -0.1) is 0 Å². The molecule has 1 aliphatic heterocycles. The lowest BCUT2D eigenvalue weighted by atomic mass is 10.0. The topological polar surface area (TPSA) is 101 Å². The van der Waals surface area contributed by atoms with Gasteiger partial charge in [0, 0.05) is 80.6 Å². The minimum Gasteiger partial charge on any atom is -0.507 e. The molecule has 0 saturated carbocycles. The third-order valence-corrected chi connectivity index (χ3v) is 8.13. The van der Waals surface area contributed by atoms with Crippen LogP contribution >= 0.6 is 0 Å². The summed E-state index contributed by atoms with van der Waals surface area (Å²) in [6.07, 6.45) is 5.23. The van der Waals surface area contributed by atoms with Crippen LogP contribution in [0.2, 0.25) is 0 Å². The fourth-order valence-electron chi connectivity index (χ4n) is 5.65. The van der Waals surface area contributed by atoms with E-state index in [1.165, 1.54) is 21.7 Å². The van der Waals surface area contributed by atoms with E-state index < -0.39 is 46.0 Å². The van der Waals surface area contributed by atoms with E-state index in [-0.39, 0.29) is 37.2 Å². The number of hydrogen-bond acceptors (Lipinski definition) is 6. The summed E-state index contributed by atoms with van der Waals surface area (Å²) in [5.41, 5.74) is 1.33. The van der Waals surface area contributed by atoms with Crippen molar-refractivity contribution >= 4 is 23.1 Å². The number of anilines is 1. The van der Waals surface area contributed by atoms with Gasteiger partial charge in [-0.3, -0.25) is 14.4 Å². The number of pyridine rings is 1. The van der Waals surface area contributed by atoms with E-state index in [1.807, 2.05) is 36.5 Å². The molecule has 5 aromatic rings. The molecule has 0 atom stereocenters. The number of hydrogen-bond donors (Lipinski definition) is 1. The average Bonchev–Trinajstić information content (AvgIpc) is 3.63. The van der Waals surface area contributed by atoms with Gasteiger partial charge in [0.1, 0.15) is 23.2 Å². The molecule has 3 heterocycles. The van der Waals surface area contributed by atoms with Crippen molar-refractivity contribution in [1.29, 1.82) is 0 Å². The van der Waals surface area contributed by atoms with Gasteiger partial charge in [-0.1, -0.05) is 30.3 Å². The molecule has 1 amide bonds. The van der Waals surface area contributed by atoms with Gasteiger partial charge in [0.15, 0.2) is 0 Å². The van der Waals surface area contributed by atoms with Crippen molar-refractivity contribution in [3.05, 3.63) is 154 Å². The third-order valence-electron chi connectivity index (χ3n) is 8.13. The van der Waals surface area contributed by atoms with E-state index in [4.69, 9.17) is 0 Å². The molecule has 12 heteroatoms. The molecule has 0 radical (unpaired) electrons. The molecular formula is C36H30F3N5O4. The van der Waals surface area contributed by atoms with Crippen LogP contribution in [-0.2, 0) is 22.6 Å². The van der Waals surface area contributed by atoms with Gasteiger partial charge < -0.3 is 19.5 Å². The van der Waals surface area contributed by atoms with Crippen molar-refractivity contribution in [2.75, 3.05) is 31.1 Å². The molecule has 1 saturated heterocycles. The Hall–Kier alpha value is -5.91. The lowest BCUT2D eigenvalue weighted by molar-refractivity contribution is -0.142. The zero-order valence-corrected chi connectivity index (χ0v) is 25.6. The Morgan fingerprint density at radius 1 is 0.833 bits per heavy atom. The quantitative estimate of drug-likeness (QED) is 0.138. The first-order valence-electron chi connectivity index (χ1n) is 15.2. The molecule has 1 fully saturated rings. The highest BCUT2D eigenvalue weighted by molar-refractivity contribution is 6.41. The number of ketones is 1. The normalized spacial score (nSPS) is 13.5. The molecule has 0 unspecified atom stereocenters. The summed E-state index contributed by atoms with van der Waals surface area (Å²) in [4.78, 5) is 43.0.